The molecule has 2 aromatic rings. The molecule has 0 spiro atoms. The van der Waals surface area contributed by atoms with Crippen LogP contribution in [0.4, 0.5) is 5.95 Å². The topological polar surface area (TPSA) is 83.7 Å². The van der Waals surface area contributed by atoms with Gasteiger partial charge in [0.05, 0.1) is 12.7 Å². The van der Waals surface area contributed by atoms with Gasteiger partial charge in [-0.05, 0) is 43.7 Å². The van der Waals surface area contributed by atoms with E-state index in [0.717, 1.165) is 18.8 Å². The van der Waals surface area contributed by atoms with E-state index in [1.165, 1.54) is 12.8 Å². The number of anilines is 1. The van der Waals surface area contributed by atoms with Gasteiger partial charge in [-0.25, -0.2) is 9.97 Å². The smallest absolute Gasteiger partial charge is 0.226 e. The average molecular weight is 323 g/mol. The second-order valence-electron chi connectivity index (χ2n) is 6.23. The van der Waals surface area contributed by atoms with E-state index in [4.69, 9.17) is 4.74 Å². The van der Waals surface area contributed by atoms with Crippen LogP contribution in [0.25, 0.3) is 11.1 Å². The highest BCUT2D eigenvalue weighted by atomic mass is 16.5. The molecule has 2 aromatic heterocycles. The van der Waals surface area contributed by atoms with Gasteiger partial charge in [-0.15, -0.1) is 0 Å². The molecule has 1 fully saturated rings. The quantitative estimate of drug-likeness (QED) is 0.928. The maximum Gasteiger partial charge on any atom is 0.226 e. The Hall–Kier alpha value is -2.68. The number of pyridine rings is 1. The number of hydrogen-bond donors (Lipinski definition) is 1. The lowest BCUT2D eigenvalue weighted by Crippen LogP contribution is -2.26. The van der Waals surface area contributed by atoms with E-state index in [0.29, 0.717) is 34.7 Å². The molecule has 0 unspecified atom stereocenters. The predicted molar refractivity (Wildman–Crippen MR) is 91.6 cm³/mol. The Morgan fingerprint density at radius 3 is 2.71 bits per heavy atom. The van der Waals surface area contributed by atoms with Gasteiger partial charge in [0.1, 0.15) is 11.8 Å². The monoisotopic (exact) mass is 323 g/mol. The second kappa shape index (κ2) is 7.26. The summed E-state index contributed by atoms with van der Waals surface area (Å²) >= 11 is 0. The summed E-state index contributed by atoms with van der Waals surface area (Å²) in [6.07, 6.45) is 8.01. The third-order valence-corrected chi connectivity index (χ3v) is 4.50. The van der Waals surface area contributed by atoms with Crippen molar-refractivity contribution in [3.63, 3.8) is 0 Å². The maximum atomic E-state index is 9.23. The molecule has 24 heavy (non-hydrogen) atoms. The molecular weight excluding hydrogens is 302 g/mol. The number of rotatable bonds is 4. The molecule has 0 amide bonds. The fourth-order valence-corrected chi connectivity index (χ4v) is 3.07. The molecule has 6 heteroatoms. The van der Waals surface area contributed by atoms with Gasteiger partial charge in [-0.1, -0.05) is 6.92 Å². The Morgan fingerprint density at radius 2 is 2.00 bits per heavy atom. The van der Waals surface area contributed by atoms with Crippen LogP contribution in [0, 0.1) is 17.2 Å². The summed E-state index contributed by atoms with van der Waals surface area (Å²) in [6.45, 7) is 2.30. The van der Waals surface area contributed by atoms with E-state index >= 15 is 0 Å². The second-order valence-corrected chi connectivity index (χ2v) is 6.23. The van der Waals surface area contributed by atoms with Gasteiger partial charge in [0.25, 0.3) is 0 Å². The molecule has 0 bridgehead atoms. The molecule has 124 valence electrons. The molecular formula is C18H21N5O. The van der Waals surface area contributed by atoms with Crippen LogP contribution in [-0.4, -0.2) is 28.1 Å². The summed E-state index contributed by atoms with van der Waals surface area (Å²) < 4.78 is 5.42. The van der Waals surface area contributed by atoms with Gasteiger partial charge in [0.2, 0.25) is 11.8 Å². The summed E-state index contributed by atoms with van der Waals surface area (Å²) in [5.41, 5.74) is 1.68. The minimum absolute atomic E-state index is 0.335. The zero-order chi connectivity index (χ0) is 16.9. The third kappa shape index (κ3) is 3.46. The molecule has 2 heterocycles. The molecule has 6 nitrogen and oxygen atoms in total. The standard InChI is InChI=1S/C18H21N5O/c1-12-5-7-13(8-6-12)22-18-21-11-15(17(23-18)24-2)14-4-3-9-20-16(14)10-19/h3-4,9,11-13H,5-8H2,1-2H3,(H,21,22,23). The number of methoxy groups -OCH3 is 1. The molecule has 3 rings (SSSR count). The van der Waals surface area contributed by atoms with Gasteiger partial charge < -0.3 is 10.1 Å². The van der Waals surface area contributed by atoms with Crippen LogP contribution in [-0.2, 0) is 0 Å². The number of hydrogen-bond acceptors (Lipinski definition) is 6. The van der Waals surface area contributed by atoms with Crippen LogP contribution < -0.4 is 10.1 Å². The van der Waals surface area contributed by atoms with Crippen molar-refractivity contribution >= 4 is 5.95 Å². The van der Waals surface area contributed by atoms with Crippen molar-refractivity contribution in [2.24, 2.45) is 5.92 Å². The largest absolute Gasteiger partial charge is 0.480 e. The Labute approximate surface area is 141 Å². The van der Waals surface area contributed by atoms with Crippen molar-refractivity contribution in [3.8, 4) is 23.1 Å². The lowest BCUT2D eigenvalue weighted by molar-refractivity contribution is 0.359. The third-order valence-electron chi connectivity index (χ3n) is 4.50. The van der Waals surface area contributed by atoms with E-state index < -0.39 is 0 Å². The molecule has 1 aliphatic carbocycles. The van der Waals surface area contributed by atoms with Crippen LogP contribution in [0.15, 0.2) is 24.5 Å². The highest BCUT2D eigenvalue weighted by Gasteiger charge is 2.20. The van der Waals surface area contributed by atoms with Crippen molar-refractivity contribution in [3.05, 3.63) is 30.2 Å². The van der Waals surface area contributed by atoms with Crippen LogP contribution in [0.1, 0.15) is 38.3 Å². The van der Waals surface area contributed by atoms with Crippen molar-refractivity contribution < 1.29 is 4.74 Å². The number of nitriles is 1. The predicted octanol–water partition coefficient (Wildman–Crippen LogP) is 3.41. The van der Waals surface area contributed by atoms with Gasteiger partial charge >= 0.3 is 0 Å². The van der Waals surface area contributed by atoms with Crippen LogP contribution in [0.5, 0.6) is 5.88 Å². The van der Waals surface area contributed by atoms with E-state index in [9.17, 15) is 5.26 Å². The molecule has 0 aromatic carbocycles. The van der Waals surface area contributed by atoms with Crippen molar-refractivity contribution in [1.82, 2.24) is 15.0 Å². The van der Waals surface area contributed by atoms with Crippen LogP contribution >= 0.6 is 0 Å². The van der Waals surface area contributed by atoms with Gasteiger partial charge in [-0.3, -0.25) is 0 Å². The number of nitrogens with one attached hydrogen (secondary N) is 1. The Balaban J connectivity index is 1.85. The Kier molecular flexibility index (Phi) is 4.90. The van der Waals surface area contributed by atoms with E-state index in [2.05, 4.69) is 33.3 Å². The molecule has 1 N–H and O–H groups in total. The summed E-state index contributed by atoms with van der Waals surface area (Å²) in [5.74, 6) is 1.81. The van der Waals surface area contributed by atoms with E-state index in [1.807, 2.05) is 6.07 Å². The summed E-state index contributed by atoms with van der Waals surface area (Å²) in [7, 11) is 1.57. The summed E-state index contributed by atoms with van der Waals surface area (Å²) in [6, 6.07) is 6.10. The SMILES string of the molecule is COc1nc(NC2CCC(C)CC2)ncc1-c1cccnc1C#N. The zero-order valence-corrected chi connectivity index (χ0v) is 14.0. The summed E-state index contributed by atoms with van der Waals surface area (Å²) in [5, 5.41) is 12.6. The zero-order valence-electron chi connectivity index (χ0n) is 14.0. The number of nitrogens with zero attached hydrogens (tertiary/aromatic N) is 4. The molecule has 0 saturated heterocycles. The number of ether oxygens (including phenoxy) is 1. The lowest BCUT2D eigenvalue weighted by Gasteiger charge is -2.27. The van der Waals surface area contributed by atoms with Crippen LogP contribution in [0.2, 0.25) is 0 Å². The Morgan fingerprint density at radius 1 is 1.21 bits per heavy atom. The first-order chi connectivity index (χ1) is 11.7. The minimum Gasteiger partial charge on any atom is -0.480 e. The number of aromatic nitrogens is 3. The van der Waals surface area contributed by atoms with Crippen molar-refractivity contribution in [1.29, 1.82) is 5.26 Å². The molecule has 1 saturated carbocycles. The van der Waals surface area contributed by atoms with Gasteiger partial charge in [0.15, 0.2) is 0 Å². The fourth-order valence-electron chi connectivity index (χ4n) is 3.07. The average Bonchev–Trinajstić information content (AvgIpc) is 2.63. The molecule has 0 atom stereocenters. The molecule has 1 aliphatic rings. The maximum absolute atomic E-state index is 9.23. The van der Waals surface area contributed by atoms with Gasteiger partial charge in [-0.2, -0.15) is 10.2 Å². The van der Waals surface area contributed by atoms with Crippen molar-refractivity contribution in [2.75, 3.05) is 12.4 Å². The van der Waals surface area contributed by atoms with Crippen LogP contribution in [0.3, 0.4) is 0 Å². The normalized spacial score (nSPS) is 20.2. The lowest BCUT2D eigenvalue weighted by atomic mass is 9.87. The molecule has 0 radical (unpaired) electrons. The molecule has 0 aliphatic heterocycles. The van der Waals surface area contributed by atoms with Gasteiger partial charge in [0, 0.05) is 24.0 Å². The van der Waals surface area contributed by atoms with Crippen molar-refractivity contribution in [2.45, 2.75) is 38.6 Å². The fraction of sp³-hybridized carbons (Fsp3) is 0.444. The highest BCUT2D eigenvalue weighted by Crippen LogP contribution is 2.31. The van der Waals surface area contributed by atoms with E-state index in [1.54, 1.807) is 25.6 Å². The summed E-state index contributed by atoms with van der Waals surface area (Å²) in [4.78, 5) is 13.0. The first-order valence-corrected chi connectivity index (χ1v) is 8.24. The first kappa shape index (κ1) is 16.2. The Bertz CT molecular complexity index is 747. The minimum atomic E-state index is 0.335. The first-order valence-electron chi connectivity index (χ1n) is 8.24. The van der Waals surface area contributed by atoms with E-state index in [-0.39, 0.29) is 0 Å². The highest BCUT2D eigenvalue weighted by molar-refractivity contribution is 5.72.